The van der Waals surface area contributed by atoms with Crippen LogP contribution in [0.4, 0.5) is 0 Å². The zero-order chi connectivity index (χ0) is 13.1. The Morgan fingerprint density at radius 2 is 2.11 bits per heavy atom. The van der Waals surface area contributed by atoms with Crippen LogP contribution in [0.2, 0.25) is 0 Å². The highest BCUT2D eigenvalue weighted by molar-refractivity contribution is 9.09. The number of rotatable bonds is 3. The van der Waals surface area contributed by atoms with Crippen molar-refractivity contribution in [2.45, 2.75) is 11.8 Å². The standard InChI is InChI=1S/C13H14BrN3O/c1-9(14)8-17(2)13(18)10-4-3-5-11-12(10)16-7-6-15-11/h3-7,9H,8H2,1-2H3. The van der Waals surface area contributed by atoms with Gasteiger partial charge in [-0.15, -0.1) is 0 Å². The van der Waals surface area contributed by atoms with E-state index in [1.165, 1.54) is 0 Å². The lowest BCUT2D eigenvalue weighted by Gasteiger charge is -2.19. The first-order valence-corrected chi connectivity index (χ1v) is 6.60. The summed E-state index contributed by atoms with van der Waals surface area (Å²) in [5, 5.41) is 0. The van der Waals surface area contributed by atoms with Crippen LogP contribution in [0.25, 0.3) is 11.0 Å². The molecule has 18 heavy (non-hydrogen) atoms. The van der Waals surface area contributed by atoms with E-state index in [1.807, 2.05) is 19.1 Å². The average Bonchev–Trinajstić information content (AvgIpc) is 2.36. The first kappa shape index (κ1) is 13.0. The smallest absolute Gasteiger partial charge is 0.255 e. The predicted molar refractivity (Wildman–Crippen MR) is 74.9 cm³/mol. The predicted octanol–water partition coefficient (Wildman–Crippen LogP) is 2.49. The molecule has 0 saturated carbocycles. The van der Waals surface area contributed by atoms with E-state index >= 15 is 0 Å². The molecular formula is C13H14BrN3O. The van der Waals surface area contributed by atoms with Crippen LogP contribution in [0.3, 0.4) is 0 Å². The van der Waals surface area contributed by atoms with Crippen LogP contribution in [0, 0.1) is 0 Å². The molecule has 0 aliphatic rings. The number of para-hydroxylation sites is 1. The Balaban J connectivity index is 2.39. The van der Waals surface area contributed by atoms with Gasteiger partial charge in [0.05, 0.1) is 11.1 Å². The number of benzene rings is 1. The molecule has 0 bridgehead atoms. The molecule has 2 aromatic rings. The summed E-state index contributed by atoms with van der Waals surface area (Å²) in [6.45, 7) is 2.65. The van der Waals surface area contributed by atoms with Gasteiger partial charge >= 0.3 is 0 Å². The number of hydrogen-bond acceptors (Lipinski definition) is 3. The molecule has 1 heterocycles. The third kappa shape index (κ3) is 2.67. The first-order chi connectivity index (χ1) is 8.59. The van der Waals surface area contributed by atoms with E-state index in [0.717, 1.165) is 5.52 Å². The highest BCUT2D eigenvalue weighted by Crippen LogP contribution is 2.16. The maximum atomic E-state index is 12.3. The molecule has 1 unspecified atom stereocenters. The minimum Gasteiger partial charge on any atom is -0.341 e. The maximum absolute atomic E-state index is 12.3. The summed E-state index contributed by atoms with van der Waals surface area (Å²) in [4.78, 5) is 22.7. The molecule has 0 N–H and O–H groups in total. The molecule has 94 valence electrons. The molecule has 0 aliphatic carbocycles. The summed E-state index contributed by atoms with van der Waals surface area (Å²) in [5.74, 6) is -0.0348. The number of nitrogens with zero attached hydrogens (tertiary/aromatic N) is 3. The Morgan fingerprint density at radius 1 is 1.39 bits per heavy atom. The molecule has 1 amide bonds. The first-order valence-electron chi connectivity index (χ1n) is 5.69. The van der Waals surface area contributed by atoms with Crippen LogP contribution < -0.4 is 0 Å². The monoisotopic (exact) mass is 307 g/mol. The van der Waals surface area contributed by atoms with Crippen molar-refractivity contribution >= 4 is 32.9 Å². The number of fused-ring (bicyclic) bond motifs is 1. The second kappa shape index (κ2) is 5.44. The molecule has 4 nitrogen and oxygen atoms in total. The van der Waals surface area contributed by atoms with E-state index in [1.54, 1.807) is 30.4 Å². The Bertz CT molecular complexity index is 566. The highest BCUT2D eigenvalue weighted by atomic mass is 79.9. The lowest BCUT2D eigenvalue weighted by atomic mass is 10.1. The number of aromatic nitrogens is 2. The Morgan fingerprint density at radius 3 is 2.83 bits per heavy atom. The van der Waals surface area contributed by atoms with Gasteiger partial charge in [0.25, 0.3) is 5.91 Å². The van der Waals surface area contributed by atoms with E-state index in [4.69, 9.17) is 0 Å². The van der Waals surface area contributed by atoms with E-state index in [-0.39, 0.29) is 10.7 Å². The van der Waals surface area contributed by atoms with E-state index in [2.05, 4.69) is 25.9 Å². The molecule has 2 rings (SSSR count). The van der Waals surface area contributed by atoms with Crippen molar-refractivity contribution in [2.24, 2.45) is 0 Å². The van der Waals surface area contributed by atoms with Gasteiger partial charge in [-0.3, -0.25) is 14.8 Å². The van der Waals surface area contributed by atoms with E-state index < -0.39 is 0 Å². The maximum Gasteiger partial charge on any atom is 0.255 e. The second-order valence-electron chi connectivity index (χ2n) is 4.20. The van der Waals surface area contributed by atoms with Gasteiger partial charge in [0, 0.05) is 30.8 Å². The number of halogens is 1. The average molecular weight is 308 g/mol. The third-order valence-electron chi connectivity index (χ3n) is 2.60. The van der Waals surface area contributed by atoms with Gasteiger partial charge in [0.2, 0.25) is 0 Å². The summed E-state index contributed by atoms with van der Waals surface area (Å²) >= 11 is 3.44. The fraction of sp³-hybridized carbons (Fsp3) is 0.308. The van der Waals surface area contributed by atoms with Gasteiger partial charge in [-0.05, 0) is 12.1 Å². The van der Waals surface area contributed by atoms with Gasteiger partial charge < -0.3 is 4.90 Å². The topological polar surface area (TPSA) is 46.1 Å². The number of hydrogen-bond donors (Lipinski definition) is 0. The van der Waals surface area contributed by atoms with Crippen LogP contribution in [0.15, 0.2) is 30.6 Å². The van der Waals surface area contributed by atoms with Crippen molar-refractivity contribution in [3.8, 4) is 0 Å². The highest BCUT2D eigenvalue weighted by Gasteiger charge is 2.16. The molecule has 0 radical (unpaired) electrons. The SMILES string of the molecule is CC(Br)CN(C)C(=O)c1cccc2nccnc12. The van der Waals surface area contributed by atoms with Crippen LogP contribution in [-0.2, 0) is 0 Å². The molecule has 1 aromatic heterocycles. The van der Waals surface area contributed by atoms with Crippen molar-refractivity contribution in [2.75, 3.05) is 13.6 Å². The summed E-state index contributed by atoms with van der Waals surface area (Å²) in [7, 11) is 1.79. The molecule has 0 saturated heterocycles. The van der Waals surface area contributed by atoms with Crippen molar-refractivity contribution in [3.05, 3.63) is 36.2 Å². The fourth-order valence-corrected chi connectivity index (χ4v) is 2.27. The lowest BCUT2D eigenvalue weighted by Crippen LogP contribution is -2.31. The van der Waals surface area contributed by atoms with E-state index in [9.17, 15) is 4.79 Å². The van der Waals surface area contributed by atoms with Crippen LogP contribution in [0.5, 0.6) is 0 Å². The quantitative estimate of drug-likeness (QED) is 0.818. The molecule has 5 heteroatoms. The third-order valence-corrected chi connectivity index (χ3v) is 2.89. The molecular weight excluding hydrogens is 294 g/mol. The van der Waals surface area contributed by atoms with Crippen molar-refractivity contribution in [1.82, 2.24) is 14.9 Å². The normalized spacial score (nSPS) is 12.4. The van der Waals surface area contributed by atoms with Gasteiger partial charge in [0.15, 0.2) is 0 Å². The minimum absolute atomic E-state index is 0.0348. The number of carbonyl (C=O) groups excluding carboxylic acids is 1. The van der Waals surface area contributed by atoms with Crippen molar-refractivity contribution < 1.29 is 4.79 Å². The second-order valence-corrected chi connectivity index (χ2v) is 5.76. The van der Waals surface area contributed by atoms with Crippen LogP contribution >= 0.6 is 15.9 Å². The zero-order valence-electron chi connectivity index (χ0n) is 10.3. The Labute approximate surface area is 114 Å². The van der Waals surface area contributed by atoms with Gasteiger partial charge in [-0.25, -0.2) is 0 Å². The molecule has 0 spiro atoms. The molecule has 0 fully saturated rings. The van der Waals surface area contributed by atoms with Gasteiger partial charge in [-0.2, -0.15) is 0 Å². The summed E-state index contributed by atoms with van der Waals surface area (Å²) in [6, 6.07) is 5.47. The number of alkyl halides is 1. The molecule has 1 aromatic carbocycles. The zero-order valence-corrected chi connectivity index (χ0v) is 11.9. The van der Waals surface area contributed by atoms with Crippen LogP contribution in [0.1, 0.15) is 17.3 Å². The van der Waals surface area contributed by atoms with Gasteiger partial charge in [-0.1, -0.05) is 28.9 Å². The number of carbonyl (C=O) groups is 1. The summed E-state index contributed by atoms with van der Waals surface area (Å²) < 4.78 is 0. The number of amides is 1. The van der Waals surface area contributed by atoms with E-state index in [0.29, 0.717) is 17.6 Å². The summed E-state index contributed by atoms with van der Waals surface area (Å²) in [5.41, 5.74) is 1.99. The van der Waals surface area contributed by atoms with Crippen molar-refractivity contribution in [1.29, 1.82) is 0 Å². The van der Waals surface area contributed by atoms with Gasteiger partial charge in [0.1, 0.15) is 5.52 Å². The minimum atomic E-state index is -0.0348. The van der Waals surface area contributed by atoms with Crippen molar-refractivity contribution in [3.63, 3.8) is 0 Å². The molecule has 1 atom stereocenters. The Kier molecular flexibility index (Phi) is 3.91. The largest absolute Gasteiger partial charge is 0.341 e. The lowest BCUT2D eigenvalue weighted by molar-refractivity contribution is 0.0799. The molecule has 0 aliphatic heterocycles. The fourth-order valence-electron chi connectivity index (χ4n) is 1.83. The van der Waals surface area contributed by atoms with Crippen LogP contribution in [-0.4, -0.2) is 39.2 Å². The Hall–Kier alpha value is -1.49. The summed E-state index contributed by atoms with van der Waals surface area (Å²) in [6.07, 6.45) is 3.23.